The molecular weight excluding hydrogens is 510 g/mol. The van der Waals surface area contributed by atoms with Gasteiger partial charge in [-0.05, 0) is 91.4 Å². The highest BCUT2D eigenvalue weighted by Crippen LogP contribution is 2.33. The van der Waals surface area contributed by atoms with Gasteiger partial charge < -0.3 is 4.98 Å². The summed E-state index contributed by atoms with van der Waals surface area (Å²) in [5.41, 5.74) is 4.86. The number of pyridine rings is 2. The summed E-state index contributed by atoms with van der Waals surface area (Å²) in [5, 5.41) is 14.5. The van der Waals surface area contributed by atoms with Gasteiger partial charge in [-0.15, -0.1) is 5.10 Å². The first-order valence-corrected chi connectivity index (χ1v) is 13.3. The molecule has 0 bridgehead atoms. The number of benzene rings is 2. The average molecular weight is 542 g/mol. The minimum Gasteiger partial charge on any atom is -0.321 e. The second-order valence-electron chi connectivity index (χ2n) is 11.0. The highest BCUT2D eigenvalue weighted by atomic mass is 35.5. The Morgan fingerprint density at radius 3 is 2.56 bits per heavy atom. The molecule has 3 heterocycles. The molecule has 8 nitrogen and oxygen atoms in total. The minimum absolute atomic E-state index is 0.182. The van der Waals surface area contributed by atoms with Gasteiger partial charge in [0.25, 0.3) is 5.56 Å². The van der Waals surface area contributed by atoms with E-state index in [1.807, 2.05) is 76.4 Å². The number of aromatic nitrogens is 6. The van der Waals surface area contributed by atoms with Crippen molar-refractivity contribution in [2.75, 3.05) is 0 Å². The Bertz CT molecular complexity index is 1670. The summed E-state index contributed by atoms with van der Waals surface area (Å²) < 4.78 is 1.80. The van der Waals surface area contributed by atoms with Gasteiger partial charge in [-0.3, -0.25) is 14.7 Å². The molecule has 0 unspecified atom stereocenters. The van der Waals surface area contributed by atoms with Gasteiger partial charge in [0, 0.05) is 36.1 Å². The van der Waals surface area contributed by atoms with Crippen molar-refractivity contribution in [2.24, 2.45) is 0 Å². The molecule has 0 aliphatic carbocycles. The van der Waals surface area contributed by atoms with Crippen LogP contribution in [0.4, 0.5) is 0 Å². The zero-order chi connectivity index (χ0) is 27.7. The van der Waals surface area contributed by atoms with Gasteiger partial charge in [0.15, 0.2) is 5.82 Å². The van der Waals surface area contributed by atoms with Crippen molar-refractivity contribution in [1.29, 1.82) is 0 Å². The largest absolute Gasteiger partial charge is 0.321 e. The maximum atomic E-state index is 13.8. The van der Waals surface area contributed by atoms with Crippen LogP contribution >= 0.6 is 11.6 Å². The fourth-order valence-corrected chi connectivity index (χ4v) is 5.25. The molecule has 3 aromatic heterocycles. The number of halogens is 1. The van der Waals surface area contributed by atoms with Crippen LogP contribution in [-0.2, 0) is 18.6 Å². The first kappa shape index (κ1) is 26.7. The second-order valence-corrected chi connectivity index (χ2v) is 11.4. The SMILES string of the molecule is Cc1cc(C)c2[nH]c(=O)c([C@@H](c3nnnn3C(C)(C)C)N(Cc3cccnc3)Cc3ccccc3Cl)cc2c1. The number of fused-ring (bicyclic) bond motifs is 1. The molecule has 1 N–H and O–H groups in total. The van der Waals surface area contributed by atoms with Crippen LogP contribution in [0, 0.1) is 13.8 Å². The smallest absolute Gasteiger partial charge is 0.253 e. The molecule has 2 aromatic carbocycles. The van der Waals surface area contributed by atoms with E-state index < -0.39 is 11.6 Å². The summed E-state index contributed by atoms with van der Waals surface area (Å²) in [4.78, 5) is 23.5. The van der Waals surface area contributed by atoms with E-state index in [4.69, 9.17) is 11.6 Å². The van der Waals surface area contributed by atoms with Crippen LogP contribution in [0.1, 0.15) is 60.5 Å². The number of H-pyrrole nitrogens is 1. The van der Waals surface area contributed by atoms with Crippen molar-refractivity contribution in [3.8, 4) is 0 Å². The van der Waals surface area contributed by atoms with Crippen LogP contribution in [0.25, 0.3) is 10.9 Å². The van der Waals surface area contributed by atoms with Gasteiger partial charge in [0.1, 0.15) is 6.04 Å². The fourth-order valence-electron chi connectivity index (χ4n) is 5.06. The molecule has 0 amide bonds. The van der Waals surface area contributed by atoms with Crippen LogP contribution in [-0.4, -0.2) is 35.1 Å². The van der Waals surface area contributed by atoms with Crippen molar-refractivity contribution in [3.05, 3.63) is 116 Å². The number of aromatic amines is 1. The summed E-state index contributed by atoms with van der Waals surface area (Å²) in [5.74, 6) is 0.577. The maximum Gasteiger partial charge on any atom is 0.253 e. The number of aryl methyl sites for hydroxylation is 2. The Labute approximate surface area is 232 Å². The van der Waals surface area contributed by atoms with Crippen molar-refractivity contribution in [3.63, 3.8) is 0 Å². The molecule has 0 spiro atoms. The first-order chi connectivity index (χ1) is 18.6. The van der Waals surface area contributed by atoms with Crippen LogP contribution < -0.4 is 5.56 Å². The fraction of sp³-hybridized carbons (Fsp3) is 0.300. The molecule has 0 saturated carbocycles. The first-order valence-electron chi connectivity index (χ1n) is 12.9. The summed E-state index contributed by atoms with van der Waals surface area (Å²) in [6.07, 6.45) is 3.58. The lowest BCUT2D eigenvalue weighted by Gasteiger charge is -2.33. The summed E-state index contributed by atoms with van der Waals surface area (Å²) >= 11 is 6.64. The molecule has 5 rings (SSSR count). The minimum atomic E-state index is -0.579. The highest BCUT2D eigenvalue weighted by molar-refractivity contribution is 6.31. The third-order valence-electron chi connectivity index (χ3n) is 6.80. The molecule has 0 radical (unpaired) electrons. The van der Waals surface area contributed by atoms with Crippen LogP contribution in [0.2, 0.25) is 5.02 Å². The lowest BCUT2D eigenvalue weighted by Crippen LogP contribution is -2.37. The number of nitrogens with one attached hydrogen (secondary N) is 1. The van der Waals surface area contributed by atoms with Gasteiger partial charge >= 0.3 is 0 Å². The summed E-state index contributed by atoms with van der Waals surface area (Å²) in [7, 11) is 0. The molecule has 0 saturated heterocycles. The van der Waals surface area contributed by atoms with Gasteiger partial charge in [-0.25, -0.2) is 4.68 Å². The van der Waals surface area contributed by atoms with Crippen LogP contribution in [0.3, 0.4) is 0 Å². The molecule has 200 valence electrons. The number of nitrogens with zero attached hydrogens (tertiary/aromatic N) is 6. The van der Waals surface area contributed by atoms with Crippen molar-refractivity contribution >= 4 is 22.5 Å². The molecule has 39 heavy (non-hydrogen) atoms. The normalized spacial score (nSPS) is 12.8. The van der Waals surface area contributed by atoms with Crippen molar-refractivity contribution in [2.45, 2.75) is 59.3 Å². The Morgan fingerprint density at radius 1 is 1.05 bits per heavy atom. The Kier molecular flexibility index (Phi) is 7.34. The standard InChI is InChI=1S/C30H32ClN7O/c1-19-13-20(2)26-23(14-19)15-24(29(39)33-26)27(28-34-35-36-38(28)30(3,4)5)37(17-21-9-8-12-32-16-21)18-22-10-6-7-11-25(22)31/h6-16,27H,17-18H2,1-5H3,(H,33,39)/t27-/m0/s1. The third-order valence-corrected chi connectivity index (χ3v) is 7.16. The van der Waals surface area contributed by atoms with E-state index in [0.717, 1.165) is 33.2 Å². The number of tetrazole rings is 1. The van der Waals surface area contributed by atoms with Crippen LogP contribution in [0.15, 0.2) is 71.8 Å². The quantitative estimate of drug-likeness (QED) is 0.283. The monoisotopic (exact) mass is 541 g/mol. The number of hydrogen-bond acceptors (Lipinski definition) is 6. The maximum absolute atomic E-state index is 13.8. The Hall–Kier alpha value is -3.88. The summed E-state index contributed by atoms with van der Waals surface area (Å²) in [6, 6.07) is 17.2. The number of rotatable bonds is 7. The van der Waals surface area contributed by atoms with Crippen LogP contribution in [0.5, 0.6) is 0 Å². The van der Waals surface area contributed by atoms with E-state index >= 15 is 0 Å². The molecule has 0 fully saturated rings. The molecular formula is C30H32ClN7O. The predicted molar refractivity (Wildman–Crippen MR) is 154 cm³/mol. The van der Waals surface area contributed by atoms with E-state index in [1.54, 1.807) is 10.9 Å². The number of hydrogen-bond donors (Lipinski definition) is 1. The van der Waals surface area contributed by atoms with E-state index in [-0.39, 0.29) is 5.56 Å². The highest BCUT2D eigenvalue weighted by Gasteiger charge is 2.34. The van der Waals surface area contributed by atoms with Crippen molar-refractivity contribution < 1.29 is 0 Å². The lowest BCUT2D eigenvalue weighted by molar-refractivity contribution is 0.184. The zero-order valence-electron chi connectivity index (χ0n) is 22.8. The van der Waals surface area contributed by atoms with Gasteiger partial charge in [0.2, 0.25) is 0 Å². The Balaban J connectivity index is 1.76. The van der Waals surface area contributed by atoms with Crippen molar-refractivity contribution in [1.82, 2.24) is 35.1 Å². The van der Waals surface area contributed by atoms with Gasteiger partial charge in [-0.1, -0.05) is 47.5 Å². The van der Waals surface area contributed by atoms with Gasteiger partial charge in [-0.2, -0.15) is 0 Å². The predicted octanol–water partition coefficient (Wildman–Crippen LogP) is 5.73. The summed E-state index contributed by atoms with van der Waals surface area (Å²) in [6.45, 7) is 11.1. The zero-order valence-corrected chi connectivity index (χ0v) is 23.6. The molecule has 0 aliphatic heterocycles. The average Bonchev–Trinajstić information content (AvgIpc) is 3.37. The molecule has 9 heteroatoms. The second kappa shape index (κ2) is 10.7. The topological polar surface area (TPSA) is 92.6 Å². The Morgan fingerprint density at radius 2 is 1.85 bits per heavy atom. The van der Waals surface area contributed by atoms with E-state index in [1.165, 1.54) is 0 Å². The molecule has 5 aromatic rings. The molecule has 0 aliphatic rings. The van der Waals surface area contributed by atoms with Gasteiger partial charge in [0.05, 0.1) is 11.1 Å². The van der Waals surface area contributed by atoms with E-state index in [0.29, 0.717) is 29.5 Å². The van der Waals surface area contributed by atoms with E-state index in [9.17, 15) is 4.79 Å². The third kappa shape index (κ3) is 5.62. The lowest BCUT2D eigenvalue weighted by atomic mass is 9.98. The van der Waals surface area contributed by atoms with E-state index in [2.05, 4.69) is 49.4 Å². The molecule has 1 atom stereocenters.